The molecule has 0 aliphatic carbocycles. The number of hydrogen-bond acceptors (Lipinski definition) is 6. The third kappa shape index (κ3) is 10.6. The lowest BCUT2D eigenvalue weighted by Gasteiger charge is -2.23. The van der Waals surface area contributed by atoms with Gasteiger partial charge in [0.25, 0.3) is 0 Å². The van der Waals surface area contributed by atoms with Crippen LogP contribution in [-0.4, -0.2) is 42.9 Å². The average molecular weight is 303 g/mol. The second-order valence-corrected chi connectivity index (χ2v) is 5.36. The number of ether oxygens (including phenoxy) is 3. The van der Waals surface area contributed by atoms with Crippen molar-refractivity contribution in [2.45, 2.75) is 59.1 Å². The zero-order valence-corrected chi connectivity index (χ0v) is 13.4. The third-order valence-corrected chi connectivity index (χ3v) is 2.16. The lowest BCUT2D eigenvalue weighted by molar-refractivity contribution is -0.145. The van der Waals surface area contributed by atoms with Crippen LogP contribution in [-0.2, 0) is 23.8 Å². The quantitative estimate of drug-likeness (QED) is 0.569. The standard InChI is InChI=1S/C14H25NO6/c1-6-19-11(16)8-10(9-12(17)20-7-2)15-13(18)21-14(3,4)5/h10H,6-9H2,1-5H3,(H,15,18). The van der Waals surface area contributed by atoms with Crippen LogP contribution in [0.25, 0.3) is 0 Å². The van der Waals surface area contributed by atoms with E-state index in [0.717, 1.165) is 0 Å². The molecule has 0 unspecified atom stereocenters. The molecular formula is C14H25NO6. The van der Waals surface area contributed by atoms with Crippen LogP contribution >= 0.6 is 0 Å². The van der Waals surface area contributed by atoms with Crippen molar-refractivity contribution in [3.63, 3.8) is 0 Å². The van der Waals surface area contributed by atoms with Crippen molar-refractivity contribution in [3.05, 3.63) is 0 Å². The van der Waals surface area contributed by atoms with Crippen LogP contribution in [0.5, 0.6) is 0 Å². The van der Waals surface area contributed by atoms with Crippen LogP contribution < -0.4 is 5.32 Å². The van der Waals surface area contributed by atoms with E-state index in [1.54, 1.807) is 34.6 Å². The Morgan fingerprint density at radius 2 is 1.38 bits per heavy atom. The van der Waals surface area contributed by atoms with Crippen LogP contribution in [0.3, 0.4) is 0 Å². The summed E-state index contributed by atoms with van der Waals surface area (Å²) in [5, 5.41) is 2.49. The van der Waals surface area contributed by atoms with Gasteiger partial charge < -0.3 is 19.5 Å². The van der Waals surface area contributed by atoms with Crippen molar-refractivity contribution in [3.8, 4) is 0 Å². The molecule has 0 aliphatic rings. The van der Waals surface area contributed by atoms with E-state index in [0.29, 0.717) is 0 Å². The highest BCUT2D eigenvalue weighted by molar-refractivity contribution is 5.76. The molecule has 7 heteroatoms. The summed E-state index contributed by atoms with van der Waals surface area (Å²) in [5.74, 6) is -0.995. The first-order chi connectivity index (χ1) is 9.67. The van der Waals surface area contributed by atoms with Crippen molar-refractivity contribution in [2.75, 3.05) is 13.2 Å². The molecule has 0 saturated heterocycles. The number of carbonyl (C=O) groups excluding carboxylic acids is 3. The van der Waals surface area contributed by atoms with Crippen molar-refractivity contribution < 1.29 is 28.6 Å². The Bertz CT molecular complexity index is 341. The van der Waals surface area contributed by atoms with Crippen molar-refractivity contribution >= 4 is 18.0 Å². The molecule has 1 amide bonds. The molecule has 0 aliphatic heterocycles. The topological polar surface area (TPSA) is 90.9 Å². The number of nitrogens with one attached hydrogen (secondary N) is 1. The Hall–Kier alpha value is -1.79. The number of amides is 1. The highest BCUT2D eigenvalue weighted by Gasteiger charge is 2.24. The molecule has 0 fully saturated rings. The van der Waals surface area contributed by atoms with Crippen LogP contribution in [0.2, 0.25) is 0 Å². The molecule has 0 aromatic carbocycles. The fourth-order valence-corrected chi connectivity index (χ4v) is 1.49. The van der Waals surface area contributed by atoms with Gasteiger partial charge >= 0.3 is 18.0 Å². The van der Waals surface area contributed by atoms with E-state index >= 15 is 0 Å². The van der Waals surface area contributed by atoms with Crippen molar-refractivity contribution in [1.29, 1.82) is 0 Å². The van der Waals surface area contributed by atoms with Crippen LogP contribution in [0.15, 0.2) is 0 Å². The number of esters is 2. The summed E-state index contributed by atoms with van der Waals surface area (Å²) in [4.78, 5) is 34.7. The largest absolute Gasteiger partial charge is 0.466 e. The number of alkyl carbamates (subject to hydrolysis) is 1. The van der Waals surface area contributed by atoms with Crippen molar-refractivity contribution in [1.82, 2.24) is 5.32 Å². The van der Waals surface area contributed by atoms with Gasteiger partial charge in [0.05, 0.1) is 32.1 Å². The zero-order valence-electron chi connectivity index (χ0n) is 13.4. The fraction of sp³-hybridized carbons (Fsp3) is 0.786. The van der Waals surface area contributed by atoms with Crippen LogP contribution in [0, 0.1) is 0 Å². The summed E-state index contributed by atoms with van der Waals surface area (Å²) in [5.41, 5.74) is -0.664. The highest BCUT2D eigenvalue weighted by atomic mass is 16.6. The summed E-state index contributed by atoms with van der Waals surface area (Å²) >= 11 is 0. The minimum atomic E-state index is -0.724. The average Bonchev–Trinajstić information content (AvgIpc) is 2.25. The molecule has 122 valence electrons. The summed E-state index contributed by atoms with van der Waals surface area (Å²) in [6.07, 6.45) is -0.932. The minimum Gasteiger partial charge on any atom is -0.466 e. The Morgan fingerprint density at radius 3 is 1.71 bits per heavy atom. The van der Waals surface area contributed by atoms with E-state index in [9.17, 15) is 14.4 Å². The summed E-state index contributed by atoms with van der Waals surface area (Å²) < 4.78 is 14.7. The first-order valence-corrected chi connectivity index (χ1v) is 6.98. The van der Waals surface area contributed by atoms with Crippen molar-refractivity contribution in [2.24, 2.45) is 0 Å². The molecule has 0 aromatic heterocycles. The molecule has 1 N–H and O–H groups in total. The van der Waals surface area contributed by atoms with Gasteiger partial charge in [-0.25, -0.2) is 4.79 Å². The van der Waals surface area contributed by atoms with Gasteiger partial charge in [-0.1, -0.05) is 0 Å². The molecule has 0 atom stereocenters. The van der Waals surface area contributed by atoms with Gasteiger partial charge in [0.1, 0.15) is 5.60 Å². The van der Waals surface area contributed by atoms with E-state index in [1.165, 1.54) is 0 Å². The maximum atomic E-state index is 11.7. The summed E-state index contributed by atoms with van der Waals surface area (Å²) in [6, 6.07) is -0.724. The number of hydrogen-bond donors (Lipinski definition) is 1. The summed E-state index contributed by atoms with van der Waals surface area (Å²) in [7, 11) is 0. The van der Waals surface area contributed by atoms with Gasteiger partial charge in [-0.05, 0) is 34.6 Å². The second kappa shape index (κ2) is 9.20. The highest BCUT2D eigenvalue weighted by Crippen LogP contribution is 2.09. The van der Waals surface area contributed by atoms with E-state index in [-0.39, 0.29) is 26.1 Å². The second-order valence-electron chi connectivity index (χ2n) is 5.36. The Kier molecular flexibility index (Phi) is 8.42. The molecule has 0 heterocycles. The van der Waals surface area contributed by atoms with Crippen LogP contribution in [0.1, 0.15) is 47.5 Å². The molecule has 21 heavy (non-hydrogen) atoms. The number of rotatable bonds is 7. The molecule has 0 rings (SSSR count). The van der Waals surface area contributed by atoms with Crippen LogP contribution in [0.4, 0.5) is 4.79 Å². The zero-order chi connectivity index (χ0) is 16.5. The maximum absolute atomic E-state index is 11.7. The molecule has 0 radical (unpaired) electrons. The smallest absolute Gasteiger partial charge is 0.407 e. The Labute approximate surface area is 125 Å². The van der Waals surface area contributed by atoms with E-state index < -0.39 is 29.7 Å². The van der Waals surface area contributed by atoms with E-state index in [2.05, 4.69) is 5.32 Å². The summed E-state index contributed by atoms with van der Waals surface area (Å²) in [6.45, 7) is 8.99. The molecule has 0 spiro atoms. The van der Waals surface area contributed by atoms with E-state index in [4.69, 9.17) is 14.2 Å². The predicted molar refractivity (Wildman–Crippen MR) is 75.7 cm³/mol. The molecular weight excluding hydrogens is 278 g/mol. The van der Waals surface area contributed by atoms with Gasteiger partial charge in [-0.2, -0.15) is 0 Å². The SMILES string of the molecule is CCOC(=O)CC(CC(=O)OCC)NC(=O)OC(C)(C)C. The normalized spacial score (nSPS) is 11.0. The van der Waals surface area contributed by atoms with E-state index in [1.807, 2.05) is 0 Å². The van der Waals surface area contributed by atoms with Gasteiger partial charge in [0.15, 0.2) is 0 Å². The number of carbonyl (C=O) groups is 3. The van der Waals surface area contributed by atoms with Gasteiger partial charge in [0, 0.05) is 0 Å². The van der Waals surface area contributed by atoms with Gasteiger partial charge in [0.2, 0.25) is 0 Å². The van der Waals surface area contributed by atoms with Gasteiger partial charge in [-0.3, -0.25) is 9.59 Å². The maximum Gasteiger partial charge on any atom is 0.407 e. The minimum absolute atomic E-state index is 0.119. The monoisotopic (exact) mass is 303 g/mol. The Balaban J connectivity index is 4.60. The third-order valence-electron chi connectivity index (χ3n) is 2.16. The van der Waals surface area contributed by atoms with Gasteiger partial charge in [-0.15, -0.1) is 0 Å². The first-order valence-electron chi connectivity index (χ1n) is 6.98. The molecule has 0 aromatic rings. The molecule has 0 saturated carbocycles. The molecule has 0 bridgehead atoms. The first kappa shape index (κ1) is 19.2. The predicted octanol–water partition coefficient (Wildman–Crippen LogP) is 1.79. The lowest BCUT2D eigenvalue weighted by Crippen LogP contribution is -2.41. The molecule has 7 nitrogen and oxygen atoms in total. The fourth-order valence-electron chi connectivity index (χ4n) is 1.49. The lowest BCUT2D eigenvalue weighted by atomic mass is 10.1. The Morgan fingerprint density at radius 1 is 0.952 bits per heavy atom.